The summed E-state index contributed by atoms with van der Waals surface area (Å²) >= 11 is 0. The monoisotopic (exact) mass is 451 g/mol. The molecule has 1 aliphatic heterocycles. The summed E-state index contributed by atoms with van der Waals surface area (Å²) < 4.78 is 25.8. The van der Waals surface area contributed by atoms with Gasteiger partial charge in [0, 0.05) is 31.4 Å². The number of hydrogen-bond acceptors (Lipinski definition) is 6. The lowest BCUT2D eigenvalue weighted by atomic mass is 10.0. The van der Waals surface area contributed by atoms with Gasteiger partial charge in [-0.3, -0.25) is 4.79 Å². The number of nitrogens with zero attached hydrogens (tertiary/aromatic N) is 2. The van der Waals surface area contributed by atoms with Crippen LogP contribution in [0.5, 0.6) is 11.5 Å². The van der Waals surface area contributed by atoms with Crippen molar-refractivity contribution in [1.82, 2.24) is 9.55 Å². The number of benzene rings is 2. The Kier molecular flexibility index (Phi) is 7.26. The normalized spacial score (nSPS) is 19.9. The molecule has 2 heterocycles. The molecule has 0 bridgehead atoms. The lowest BCUT2D eigenvalue weighted by Gasteiger charge is -2.28. The van der Waals surface area contributed by atoms with Crippen molar-refractivity contribution >= 4 is 11.6 Å². The number of nitrogens with one attached hydrogen (secondary N) is 1. The number of methoxy groups -OCH3 is 1. The molecule has 1 aliphatic rings. The van der Waals surface area contributed by atoms with Crippen LogP contribution in [-0.2, 0) is 27.2 Å². The van der Waals surface area contributed by atoms with Crippen molar-refractivity contribution in [2.75, 3.05) is 25.6 Å². The van der Waals surface area contributed by atoms with E-state index in [0.29, 0.717) is 31.9 Å². The lowest BCUT2D eigenvalue weighted by Crippen LogP contribution is -2.37. The Labute approximate surface area is 193 Å². The van der Waals surface area contributed by atoms with E-state index in [1.165, 1.54) is 12.5 Å². The smallest absolute Gasteiger partial charge is 0.221 e. The molecule has 0 radical (unpaired) electrons. The van der Waals surface area contributed by atoms with Crippen LogP contribution in [0.1, 0.15) is 18.9 Å². The molecule has 8 nitrogen and oxygen atoms in total. The Morgan fingerprint density at radius 3 is 2.61 bits per heavy atom. The number of hydrogen-bond donors (Lipinski definition) is 1. The molecule has 0 saturated carbocycles. The summed E-state index contributed by atoms with van der Waals surface area (Å²) in [5.41, 5.74) is 1.92. The van der Waals surface area contributed by atoms with Gasteiger partial charge in [0.2, 0.25) is 5.91 Å². The van der Waals surface area contributed by atoms with E-state index < -0.39 is 5.79 Å². The molecule has 2 aromatic carbocycles. The van der Waals surface area contributed by atoms with E-state index in [9.17, 15) is 4.79 Å². The summed E-state index contributed by atoms with van der Waals surface area (Å²) in [5, 5.41) is 2.74. The lowest BCUT2D eigenvalue weighted by molar-refractivity contribution is -0.184. The van der Waals surface area contributed by atoms with Gasteiger partial charge in [0.15, 0.2) is 5.79 Å². The highest BCUT2D eigenvalue weighted by molar-refractivity contribution is 5.88. The number of amides is 1. The Hall–Kier alpha value is -3.36. The van der Waals surface area contributed by atoms with E-state index >= 15 is 0 Å². The molecule has 33 heavy (non-hydrogen) atoms. The highest BCUT2D eigenvalue weighted by Gasteiger charge is 2.42. The maximum atomic E-state index is 11.2. The molecule has 174 valence electrons. The quantitative estimate of drug-likeness (QED) is 0.506. The maximum Gasteiger partial charge on any atom is 0.221 e. The summed E-state index contributed by atoms with van der Waals surface area (Å²) in [6, 6.07) is 15.3. The molecule has 8 heteroatoms. The van der Waals surface area contributed by atoms with Crippen LogP contribution < -0.4 is 14.8 Å². The van der Waals surface area contributed by atoms with Crippen LogP contribution in [0, 0.1) is 0 Å². The number of aryl methyl sites for hydroxylation is 1. The fourth-order valence-corrected chi connectivity index (χ4v) is 3.80. The third-order valence-corrected chi connectivity index (χ3v) is 5.46. The van der Waals surface area contributed by atoms with E-state index in [1.807, 2.05) is 35.0 Å². The van der Waals surface area contributed by atoms with Crippen molar-refractivity contribution in [2.45, 2.75) is 38.2 Å². The first-order chi connectivity index (χ1) is 16.0. The topological polar surface area (TPSA) is 83.8 Å². The van der Waals surface area contributed by atoms with Crippen molar-refractivity contribution in [3.8, 4) is 11.5 Å². The van der Waals surface area contributed by atoms with Crippen LogP contribution in [0.4, 0.5) is 5.69 Å². The van der Waals surface area contributed by atoms with Crippen molar-refractivity contribution in [3.63, 3.8) is 0 Å². The molecule has 4 rings (SSSR count). The minimum Gasteiger partial charge on any atom is -0.497 e. The van der Waals surface area contributed by atoms with E-state index in [-0.39, 0.29) is 12.0 Å². The molecule has 0 spiro atoms. The molecule has 1 fully saturated rings. The third-order valence-electron chi connectivity index (χ3n) is 5.46. The second-order valence-corrected chi connectivity index (χ2v) is 8.06. The number of rotatable bonds is 10. The van der Waals surface area contributed by atoms with Gasteiger partial charge in [0.25, 0.3) is 0 Å². The second-order valence-electron chi connectivity index (χ2n) is 8.06. The highest BCUT2D eigenvalue weighted by Crippen LogP contribution is 2.31. The standard InChI is InChI=1S/C25H29N3O5/c1-19(29)27-21-5-9-23(10-6-21)31-15-24-16-32-25(33-24,17-28-14-13-26-18-28)12-11-20-3-7-22(30-2)8-4-20/h3-10,13-14,18,24H,11-12,15-17H2,1-2H3,(H,27,29). The first-order valence-electron chi connectivity index (χ1n) is 10.9. The van der Waals surface area contributed by atoms with E-state index in [1.54, 1.807) is 31.8 Å². The molecule has 1 N–H and O–H groups in total. The van der Waals surface area contributed by atoms with Gasteiger partial charge in [-0.2, -0.15) is 0 Å². The number of carbonyl (C=O) groups is 1. The molecule has 2 atom stereocenters. The molecule has 0 aliphatic carbocycles. The molecule has 2 unspecified atom stereocenters. The number of ether oxygens (including phenoxy) is 4. The molecular weight excluding hydrogens is 422 g/mol. The van der Waals surface area contributed by atoms with E-state index in [0.717, 1.165) is 17.9 Å². The van der Waals surface area contributed by atoms with Gasteiger partial charge in [-0.25, -0.2) is 4.98 Å². The highest BCUT2D eigenvalue weighted by atomic mass is 16.8. The van der Waals surface area contributed by atoms with Gasteiger partial charge in [-0.05, 0) is 48.4 Å². The van der Waals surface area contributed by atoms with Crippen molar-refractivity contribution in [2.24, 2.45) is 0 Å². The first-order valence-corrected chi connectivity index (χ1v) is 10.9. The first kappa shape index (κ1) is 22.8. The Bertz CT molecular complexity index is 1020. The van der Waals surface area contributed by atoms with Crippen LogP contribution in [0.15, 0.2) is 67.3 Å². The fourth-order valence-electron chi connectivity index (χ4n) is 3.80. The number of imidazole rings is 1. The summed E-state index contributed by atoms with van der Waals surface area (Å²) in [7, 11) is 1.66. The third kappa shape index (κ3) is 6.34. The molecule has 1 aromatic heterocycles. The van der Waals surface area contributed by atoms with Crippen molar-refractivity contribution < 1.29 is 23.7 Å². The fraction of sp³-hybridized carbons (Fsp3) is 0.360. The van der Waals surface area contributed by atoms with Gasteiger partial charge < -0.3 is 28.8 Å². The van der Waals surface area contributed by atoms with E-state index in [4.69, 9.17) is 18.9 Å². The molecule has 1 amide bonds. The average molecular weight is 452 g/mol. The van der Waals surface area contributed by atoms with Gasteiger partial charge in [0.05, 0.1) is 26.6 Å². The van der Waals surface area contributed by atoms with Crippen molar-refractivity contribution in [3.05, 3.63) is 72.8 Å². The summed E-state index contributed by atoms with van der Waals surface area (Å²) in [6.07, 6.45) is 6.72. The largest absolute Gasteiger partial charge is 0.497 e. The Balaban J connectivity index is 1.36. The summed E-state index contributed by atoms with van der Waals surface area (Å²) in [5.74, 6) is 0.675. The SMILES string of the molecule is COc1ccc(CCC2(Cn3ccnc3)OCC(COc3ccc(NC(C)=O)cc3)O2)cc1. The average Bonchev–Trinajstić information content (AvgIpc) is 3.48. The number of carbonyl (C=O) groups excluding carboxylic acids is 1. The molecule has 1 saturated heterocycles. The minimum atomic E-state index is -0.760. The zero-order chi connectivity index (χ0) is 23.1. The van der Waals surface area contributed by atoms with Crippen LogP contribution in [0.3, 0.4) is 0 Å². The van der Waals surface area contributed by atoms with Crippen LogP contribution in [0.25, 0.3) is 0 Å². The minimum absolute atomic E-state index is 0.107. The zero-order valence-corrected chi connectivity index (χ0v) is 18.9. The van der Waals surface area contributed by atoms with Crippen LogP contribution in [-0.4, -0.2) is 47.7 Å². The Morgan fingerprint density at radius 2 is 1.94 bits per heavy atom. The summed E-state index contributed by atoms with van der Waals surface area (Å²) in [6.45, 7) is 2.84. The van der Waals surface area contributed by atoms with Gasteiger partial charge in [-0.1, -0.05) is 12.1 Å². The van der Waals surface area contributed by atoms with Gasteiger partial charge in [0.1, 0.15) is 24.2 Å². The predicted octanol–water partition coefficient (Wildman–Crippen LogP) is 3.67. The second kappa shape index (κ2) is 10.5. The number of aromatic nitrogens is 2. The van der Waals surface area contributed by atoms with Crippen LogP contribution in [0.2, 0.25) is 0 Å². The predicted molar refractivity (Wildman–Crippen MR) is 123 cm³/mol. The van der Waals surface area contributed by atoms with Crippen molar-refractivity contribution in [1.29, 1.82) is 0 Å². The Morgan fingerprint density at radius 1 is 1.18 bits per heavy atom. The number of anilines is 1. The van der Waals surface area contributed by atoms with Gasteiger partial charge in [-0.15, -0.1) is 0 Å². The summed E-state index contributed by atoms with van der Waals surface area (Å²) in [4.78, 5) is 15.3. The van der Waals surface area contributed by atoms with E-state index in [2.05, 4.69) is 22.4 Å². The van der Waals surface area contributed by atoms with Gasteiger partial charge >= 0.3 is 0 Å². The molecular formula is C25H29N3O5. The van der Waals surface area contributed by atoms with Crippen LogP contribution >= 0.6 is 0 Å². The molecule has 3 aromatic rings. The zero-order valence-electron chi connectivity index (χ0n) is 18.9. The maximum absolute atomic E-state index is 11.2.